The summed E-state index contributed by atoms with van der Waals surface area (Å²) >= 11 is 6.69. The molecule has 0 amide bonds. The number of fused-ring (bicyclic) bond motifs is 12. The van der Waals surface area contributed by atoms with Crippen LogP contribution in [0, 0.1) is 0 Å². The first-order chi connectivity index (χ1) is 26.2. The molecule has 1 aliphatic carbocycles. The minimum Gasteiger partial charge on any atom is -0.457 e. The van der Waals surface area contributed by atoms with Crippen LogP contribution in [0.1, 0.15) is 22.3 Å². The van der Waals surface area contributed by atoms with Crippen LogP contribution in [0.3, 0.4) is 0 Å². The van der Waals surface area contributed by atoms with Crippen molar-refractivity contribution in [3.05, 3.63) is 209 Å². The van der Waals surface area contributed by atoms with Crippen LogP contribution in [-0.4, -0.2) is 0 Å². The maximum atomic E-state index is 6.92. The molecular weight excluding hydrogens is 670 g/mol. The minimum atomic E-state index is -0.583. The third kappa shape index (κ3) is 4.29. The summed E-state index contributed by atoms with van der Waals surface area (Å²) in [5.74, 6) is 1.54. The zero-order valence-electron chi connectivity index (χ0n) is 28.5. The minimum absolute atomic E-state index is 0.583. The molecule has 8 aromatic carbocycles. The van der Waals surface area contributed by atoms with Gasteiger partial charge in [0, 0.05) is 44.4 Å². The summed E-state index contributed by atoms with van der Waals surface area (Å²) in [7, 11) is 0. The van der Waals surface area contributed by atoms with Crippen LogP contribution in [-0.2, 0) is 5.41 Å². The van der Waals surface area contributed by atoms with Crippen molar-refractivity contribution >= 4 is 50.6 Å². The van der Waals surface area contributed by atoms with E-state index in [4.69, 9.17) is 20.8 Å². The van der Waals surface area contributed by atoms with Gasteiger partial charge in [-0.1, -0.05) is 145 Å². The largest absolute Gasteiger partial charge is 0.457 e. The zero-order chi connectivity index (χ0) is 35.1. The molecule has 1 aliphatic heterocycles. The number of rotatable bonds is 4. The van der Waals surface area contributed by atoms with Gasteiger partial charge in [0.05, 0.1) is 11.1 Å². The molecule has 1 aromatic heterocycles. The van der Waals surface area contributed by atoms with E-state index in [-0.39, 0.29) is 0 Å². The van der Waals surface area contributed by atoms with Gasteiger partial charge in [-0.05, 0) is 75.8 Å². The number of nitrogens with zero attached hydrogens (tertiary/aromatic N) is 1. The molecule has 2 heterocycles. The van der Waals surface area contributed by atoms with Gasteiger partial charge in [-0.25, -0.2) is 0 Å². The first-order valence-corrected chi connectivity index (χ1v) is 18.2. The van der Waals surface area contributed by atoms with Gasteiger partial charge in [0.25, 0.3) is 0 Å². The van der Waals surface area contributed by atoms with Crippen molar-refractivity contribution < 1.29 is 9.15 Å². The monoisotopic (exact) mass is 699 g/mol. The Morgan fingerprint density at radius 2 is 1.09 bits per heavy atom. The van der Waals surface area contributed by atoms with Crippen molar-refractivity contribution in [3.8, 4) is 33.8 Å². The highest BCUT2D eigenvalue weighted by Gasteiger charge is 2.51. The number of hydrogen-bond donors (Lipinski definition) is 0. The SMILES string of the molecule is Clc1ccc2c(c1)Oc1cc(N(c3ccccc3)c3ccc(-c4ccccc4)c4c3oc3ccccc34)ccc1C21c2ccccc2-c2ccccc21. The van der Waals surface area contributed by atoms with Crippen molar-refractivity contribution in [2.24, 2.45) is 0 Å². The van der Waals surface area contributed by atoms with Crippen LogP contribution in [0.15, 0.2) is 186 Å². The van der Waals surface area contributed by atoms with Crippen LogP contribution in [0.5, 0.6) is 11.5 Å². The van der Waals surface area contributed by atoms with Crippen LogP contribution >= 0.6 is 11.6 Å². The van der Waals surface area contributed by atoms with Crippen molar-refractivity contribution in [1.82, 2.24) is 0 Å². The molecule has 0 atom stereocenters. The fourth-order valence-electron chi connectivity index (χ4n) is 8.87. The summed E-state index contributed by atoms with van der Waals surface area (Å²) in [6.45, 7) is 0. The van der Waals surface area contributed by atoms with E-state index in [2.05, 4.69) is 157 Å². The molecule has 0 saturated carbocycles. The van der Waals surface area contributed by atoms with Gasteiger partial charge >= 0.3 is 0 Å². The number of para-hydroxylation sites is 2. The molecule has 3 nitrogen and oxygen atoms in total. The molecule has 250 valence electrons. The van der Waals surface area contributed by atoms with Gasteiger partial charge in [-0.3, -0.25) is 0 Å². The number of anilines is 3. The smallest absolute Gasteiger partial charge is 0.160 e. The van der Waals surface area contributed by atoms with Crippen LogP contribution in [0.4, 0.5) is 17.1 Å². The predicted octanol–water partition coefficient (Wildman–Crippen LogP) is 13.8. The first kappa shape index (κ1) is 30.1. The second-order valence-corrected chi connectivity index (χ2v) is 14.2. The Hall–Kier alpha value is -6.55. The van der Waals surface area contributed by atoms with Crippen LogP contribution < -0.4 is 9.64 Å². The van der Waals surface area contributed by atoms with Crippen molar-refractivity contribution in [1.29, 1.82) is 0 Å². The third-order valence-corrected chi connectivity index (χ3v) is 11.2. The lowest BCUT2D eigenvalue weighted by atomic mass is 9.66. The standard InChI is InChI=1S/C49H30ClNO2/c50-32-23-26-41-45(29-32)52-46-30-34(24-27-42(46)49(41)39-20-10-7-17-36(39)37-18-8-11-21-40(37)49)51(33-15-5-2-6-16-33)43-28-25-35(31-13-3-1-4-14-31)47-38-19-9-12-22-44(38)53-48(43)47/h1-30H. The summed E-state index contributed by atoms with van der Waals surface area (Å²) in [6.07, 6.45) is 0. The van der Waals surface area contributed by atoms with E-state index in [1.54, 1.807) is 0 Å². The lowest BCUT2D eigenvalue weighted by Crippen LogP contribution is -2.32. The fraction of sp³-hybridized carbons (Fsp3) is 0.0204. The van der Waals surface area contributed by atoms with E-state index in [1.807, 2.05) is 30.3 Å². The molecule has 0 saturated heterocycles. The summed E-state index contributed by atoms with van der Waals surface area (Å²) in [5, 5.41) is 2.80. The maximum absolute atomic E-state index is 6.92. The predicted molar refractivity (Wildman–Crippen MR) is 216 cm³/mol. The molecule has 9 aromatic rings. The average Bonchev–Trinajstić information content (AvgIpc) is 3.74. The molecule has 0 unspecified atom stereocenters. The third-order valence-electron chi connectivity index (χ3n) is 11.0. The summed E-state index contributed by atoms with van der Waals surface area (Å²) in [5.41, 5.74) is 13.4. The van der Waals surface area contributed by atoms with E-state index in [0.717, 1.165) is 72.8 Å². The fourth-order valence-corrected chi connectivity index (χ4v) is 9.03. The van der Waals surface area contributed by atoms with Gasteiger partial charge < -0.3 is 14.1 Å². The van der Waals surface area contributed by atoms with E-state index < -0.39 is 5.41 Å². The first-order valence-electron chi connectivity index (χ1n) is 17.9. The van der Waals surface area contributed by atoms with Crippen molar-refractivity contribution in [3.63, 3.8) is 0 Å². The van der Waals surface area contributed by atoms with E-state index in [0.29, 0.717) is 5.02 Å². The van der Waals surface area contributed by atoms with E-state index >= 15 is 0 Å². The van der Waals surface area contributed by atoms with Crippen molar-refractivity contribution in [2.45, 2.75) is 5.41 Å². The Bertz CT molecular complexity index is 2850. The number of hydrogen-bond acceptors (Lipinski definition) is 3. The zero-order valence-corrected chi connectivity index (χ0v) is 29.2. The topological polar surface area (TPSA) is 25.6 Å². The molecular formula is C49H30ClNO2. The lowest BCUT2D eigenvalue weighted by molar-refractivity contribution is 0.436. The van der Waals surface area contributed by atoms with Crippen LogP contribution in [0.2, 0.25) is 5.02 Å². The summed E-state index contributed by atoms with van der Waals surface area (Å²) in [4.78, 5) is 2.28. The second-order valence-electron chi connectivity index (χ2n) is 13.7. The molecule has 0 N–H and O–H groups in total. The summed E-state index contributed by atoms with van der Waals surface area (Å²) in [6, 6.07) is 64.0. The normalized spacial score (nSPS) is 13.3. The molecule has 0 bridgehead atoms. The van der Waals surface area contributed by atoms with Crippen molar-refractivity contribution in [2.75, 3.05) is 4.90 Å². The Balaban J connectivity index is 1.18. The Morgan fingerprint density at radius 3 is 1.85 bits per heavy atom. The molecule has 2 aliphatic rings. The summed E-state index contributed by atoms with van der Waals surface area (Å²) < 4.78 is 13.7. The molecule has 4 heteroatoms. The molecule has 53 heavy (non-hydrogen) atoms. The van der Waals surface area contributed by atoms with E-state index in [9.17, 15) is 0 Å². The molecule has 0 radical (unpaired) electrons. The average molecular weight is 700 g/mol. The number of halogens is 1. The number of benzene rings is 8. The molecule has 0 fully saturated rings. The highest BCUT2D eigenvalue weighted by Crippen LogP contribution is 2.63. The van der Waals surface area contributed by atoms with Gasteiger partial charge in [-0.15, -0.1) is 0 Å². The Morgan fingerprint density at radius 1 is 0.472 bits per heavy atom. The van der Waals surface area contributed by atoms with Gasteiger partial charge in [0.15, 0.2) is 5.58 Å². The number of ether oxygens (including phenoxy) is 1. The highest BCUT2D eigenvalue weighted by molar-refractivity contribution is 6.30. The van der Waals surface area contributed by atoms with Crippen LogP contribution in [0.25, 0.3) is 44.2 Å². The van der Waals surface area contributed by atoms with Gasteiger partial charge in [0.2, 0.25) is 0 Å². The lowest BCUT2D eigenvalue weighted by Gasteiger charge is -2.40. The second kappa shape index (κ2) is 11.5. The Kier molecular flexibility index (Phi) is 6.52. The maximum Gasteiger partial charge on any atom is 0.160 e. The van der Waals surface area contributed by atoms with E-state index in [1.165, 1.54) is 22.3 Å². The number of furan rings is 1. The van der Waals surface area contributed by atoms with Gasteiger partial charge in [-0.2, -0.15) is 0 Å². The van der Waals surface area contributed by atoms with Gasteiger partial charge in [0.1, 0.15) is 17.1 Å². The Labute approximate surface area is 311 Å². The highest BCUT2D eigenvalue weighted by atomic mass is 35.5. The molecule has 11 rings (SSSR count). The molecule has 1 spiro atoms. The quantitative estimate of drug-likeness (QED) is 0.183.